The summed E-state index contributed by atoms with van der Waals surface area (Å²) in [6.07, 6.45) is 5.41. The molecule has 0 aliphatic heterocycles. The summed E-state index contributed by atoms with van der Waals surface area (Å²) in [5, 5.41) is 6.99. The van der Waals surface area contributed by atoms with Gasteiger partial charge in [-0.15, -0.1) is 0 Å². The van der Waals surface area contributed by atoms with E-state index >= 15 is 0 Å². The van der Waals surface area contributed by atoms with E-state index in [9.17, 15) is 4.79 Å². The molecule has 100 valence electrons. The van der Waals surface area contributed by atoms with E-state index < -0.39 is 0 Å². The number of aryl methyl sites for hydroxylation is 1. The Kier molecular flexibility index (Phi) is 3.79. The van der Waals surface area contributed by atoms with Gasteiger partial charge in [-0.2, -0.15) is 5.10 Å². The van der Waals surface area contributed by atoms with Crippen LogP contribution in [0.2, 0.25) is 0 Å². The summed E-state index contributed by atoms with van der Waals surface area (Å²) in [5.74, 6) is -0.0753. The molecule has 0 aliphatic carbocycles. The predicted molar refractivity (Wildman–Crippen MR) is 72.1 cm³/mol. The molecule has 1 unspecified atom stereocenters. The van der Waals surface area contributed by atoms with Crippen molar-refractivity contribution in [3.63, 3.8) is 0 Å². The van der Waals surface area contributed by atoms with Crippen LogP contribution in [0.3, 0.4) is 0 Å². The van der Waals surface area contributed by atoms with Gasteiger partial charge in [0, 0.05) is 24.5 Å². The summed E-state index contributed by atoms with van der Waals surface area (Å²) in [4.78, 5) is 16.0. The monoisotopic (exact) mass is 259 g/mol. The maximum absolute atomic E-state index is 11.9. The Bertz CT molecular complexity index is 561. The van der Waals surface area contributed by atoms with Gasteiger partial charge in [0.25, 0.3) is 0 Å². The minimum Gasteiger partial charge on any atom is -0.397 e. The highest BCUT2D eigenvalue weighted by molar-refractivity contribution is 5.78. The van der Waals surface area contributed by atoms with Crippen molar-refractivity contribution in [1.82, 2.24) is 20.1 Å². The fourth-order valence-electron chi connectivity index (χ4n) is 1.74. The predicted octanol–water partition coefficient (Wildman–Crippen LogP) is 0.817. The Hall–Kier alpha value is -2.37. The molecule has 1 amide bonds. The Balaban J connectivity index is 1.92. The van der Waals surface area contributed by atoms with E-state index in [1.54, 1.807) is 29.2 Å². The number of rotatable bonds is 4. The second-order valence-electron chi connectivity index (χ2n) is 4.50. The van der Waals surface area contributed by atoms with Gasteiger partial charge < -0.3 is 11.1 Å². The van der Waals surface area contributed by atoms with Gasteiger partial charge in [0.1, 0.15) is 0 Å². The van der Waals surface area contributed by atoms with E-state index in [-0.39, 0.29) is 18.4 Å². The van der Waals surface area contributed by atoms with Crippen molar-refractivity contribution in [2.45, 2.75) is 19.4 Å². The Morgan fingerprint density at radius 3 is 2.84 bits per heavy atom. The zero-order valence-corrected chi connectivity index (χ0v) is 11.0. The lowest BCUT2D eigenvalue weighted by atomic mass is 10.2. The Labute approximate surface area is 111 Å². The maximum atomic E-state index is 11.9. The van der Waals surface area contributed by atoms with Crippen molar-refractivity contribution < 1.29 is 4.79 Å². The lowest BCUT2D eigenvalue weighted by molar-refractivity contribution is -0.121. The second-order valence-corrected chi connectivity index (χ2v) is 4.50. The minimum absolute atomic E-state index is 0.0741. The number of carbonyl (C=O) groups is 1. The molecule has 0 bridgehead atoms. The second kappa shape index (κ2) is 5.51. The highest BCUT2D eigenvalue weighted by Gasteiger charge is 2.11. The molecule has 0 fully saturated rings. The number of hydrogen-bond acceptors (Lipinski definition) is 4. The number of nitrogens with zero attached hydrogens (tertiary/aromatic N) is 3. The minimum atomic E-state index is -0.0753. The first-order valence-electron chi connectivity index (χ1n) is 6.03. The molecule has 6 heteroatoms. The molecule has 0 saturated heterocycles. The van der Waals surface area contributed by atoms with Crippen molar-refractivity contribution >= 4 is 11.6 Å². The van der Waals surface area contributed by atoms with Crippen molar-refractivity contribution in [3.05, 3.63) is 42.0 Å². The topological polar surface area (TPSA) is 85.8 Å². The molecule has 1 atom stereocenters. The fourth-order valence-corrected chi connectivity index (χ4v) is 1.74. The zero-order chi connectivity index (χ0) is 13.8. The molecule has 0 radical (unpaired) electrons. The van der Waals surface area contributed by atoms with Crippen molar-refractivity contribution in [2.24, 2.45) is 7.05 Å². The van der Waals surface area contributed by atoms with E-state index in [0.717, 1.165) is 5.56 Å². The van der Waals surface area contributed by atoms with E-state index in [2.05, 4.69) is 15.4 Å². The summed E-state index contributed by atoms with van der Waals surface area (Å²) in [6, 6.07) is 3.42. The van der Waals surface area contributed by atoms with Crippen molar-refractivity contribution in [1.29, 1.82) is 0 Å². The summed E-state index contributed by atoms with van der Waals surface area (Å²) in [7, 11) is 1.84. The summed E-state index contributed by atoms with van der Waals surface area (Å²) >= 11 is 0. The number of nitrogen functional groups attached to an aromatic ring is 1. The van der Waals surface area contributed by atoms with Crippen molar-refractivity contribution in [2.75, 3.05) is 5.73 Å². The molecular formula is C13H17N5O. The highest BCUT2D eigenvalue weighted by atomic mass is 16.1. The molecule has 2 rings (SSSR count). The van der Waals surface area contributed by atoms with Gasteiger partial charge in [-0.3, -0.25) is 14.5 Å². The Morgan fingerprint density at radius 1 is 1.47 bits per heavy atom. The van der Waals surface area contributed by atoms with Crippen LogP contribution in [0.15, 0.2) is 30.7 Å². The van der Waals surface area contributed by atoms with Crippen LogP contribution in [-0.4, -0.2) is 20.7 Å². The smallest absolute Gasteiger partial charge is 0.226 e. The molecule has 0 aliphatic rings. The van der Waals surface area contributed by atoms with Gasteiger partial charge in [-0.1, -0.05) is 0 Å². The number of nitrogens with one attached hydrogen (secondary N) is 1. The molecule has 0 saturated carbocycles. The number of carbonyl (C=O) groups excluding carboxylic acids is 1. The van der Waals surface area contributed by atoms with Crippen LogP contribution in [0.5, 0.6) is 0 Å². The quantitative estimate of drug-likeness (QED) is 0.851. The highest BCUT2D eigenvalue weighted by Crippen LogP contribution is 2.10. The van der Waals surface area contributed by atoms with Gasteiger partial charge in [0.05, 0.1) is 30.5 Å². The summed E-state index contributed by atoms with van der Waals surface area (Å²) in [5.41, 5.74) is 7.81. The van der Waals surface area contributed by atoms with Crippen LogP contribution in [0.25, 0.3) is 0 Å². The van der Waals surface area contributed by atoms with Gasteiger partial charge in [0.2, 0.25) is 5.91 Å². The largest absolute Gasteiger partial charge is 0.397 e. The summed E-state index contributed by atoms with van der Waals surface area (Å²) < 4.78 is 1.71. The van der Waals surface area contributed by atoms with Gasteiger partial charge in [-0.25, -0.2) is 0 Å². The standard InChI is InChI=1S/C13H17N5O/c1-9(10-6-16-18(2)8-10)17-13(19)5-12-4-3-11(14)7-15-12/h3-4,6-9H,5,14H2,1-2H3,(H,17,19). The molecule has 2 aromatic rings. The third kappa shape index (κ3) is 3.54. The van der Waals surface area contributed by atoms with Crippen molar-refractivity contribution in [3.8, 4) is 0 Å². The third-order valence-electron chi connectivity index (χ3n) is 2.79. The normalized spacial score (nSPS) is 12.1. The molecule has 6 nitrogen and oxygen atoms in total. The molecule has 0 aromatic carbocycles. The molecule has 3 N–H and O–H groups in total. The number of hydrogen-bond donors (Lipinski definition) is 2. The van der Waals surface area contributed by atoms with E-state index in [0.29, 0.717) is 11.4 Å². The van der Waals surface area contributed by atoms with E-state index in [1.165, 1.54) is 0 Å². The first kappa shape index (κ1) is 13.1. The third-order valence-corrected chi connectivity index (χ3v) is 2.79. The van der Waals surface area contributed by atoms with Gasteiger partial charge in [-0.05, 0) is 19.1 Å². The number of pyridine rings is 1. The molecule has 19 heavy (non-hydrogen) atoms. The fraction of sp³-hybridized carbons (Fsp3) is 0.308. The van der Waals surface area contributed by atoms with Crippen LogP contribution in [-0.2, 0) is 18.3 Å². The SMILES string of the molecule is CC(NC(=O)Cc1ccc(N)cn1)c1cnn(C)c1. The summed E-state index contributed by atoms with van der Waals surface area (Å²) in [6.45, 7) is 1.92. The van der Waals surface area contributed by atoms with Crippen LogP contribution in [0.4, 0.5) is 5.69 Å². The van der Waals surface area contributed by atoms with Gasteiger partial charge >= 0.3 is 0 Å². The Morgan fingerprint density at radius 2 is 2.26 bits per heavy atom. The molecule has 2 aromatic heterocycles. The first-order chi connectivity index (χ1) is 9.04. The molecule has 0 spiro atoms. The number of aromatic nitrogens is 3. The number of nitrogens with two attached hydrogens (primary N) is 1. The van der Waals surface area contributed by atoms with Gasteiger partial charge in [0.15, 0.2) is 0 Å². The van der Waals surface area contributed by atoms with E-state index in [1.807, 2.05) is 20.2 Å². The average molecular weight is 259 g/mol. The number of anilines is 1. The van der Waals surface area contributed by atoms with Crippen LogP contribution < -0.4 is 11.1 Å². The number of amides is 1. The molecule has 2 heterocycles. The molecular weight excluding hydrogens is 242 g/mol. The van der Waals surface area contributed by atoms with Crippen LogP contribution >= 0.6 is 0 Å². The van der Waals surface area contributed by atoms with Crippen LogP contribution in [0, 0.1) is 0 Å². The maximum Gasteiger partial charge on any atom is 0.226 e. The lowest BCUT2D eigenvalue weighted by Crippen LogP contribution is -2.28. The van der Waals surface area contributed by atoms with E-state index in [4.69, 9.17) is 5.73 Å². The first-order valence-corrected chi connectivity index (χ1v) is 6.03. The van der Waals surface area contributed by atoms with Crippen LogP contribution in [0.1, 0.15) is 24.2 Å². The zero-order valence-electron chi connectivity index (χ0n) is 11.0. The average Bonchev–Trinajstić information content (AvgIpc) is 2.79. The lowest BCUT2D eigenvalue weighted by Gasteiger charge is -2.11.